The lowest BCUT2D eigenvalue weighted by molar-refractivity contribution is -0.116. The lowest BCUT2D eigenvalue weighted by atomic mass is 10.1. The molecule has 1 amide bonds. The Hall–Kier alpha value is -1.31. The van der Waals surface area contributed by atoms with Gasteiger partial charge in [-0.1, -0.05) is 32.1 Å². The van der Waals surface area contributed by atoms with Gasteiger partial charge < -0.3 is 5.32 Å². The summed E-state index contributed by atoms with van der Waals surface area (Å²) < 4.78 is 0. The molecule has 0 fully saturated rings. The van der Waals surface area contributed by atoms with Gasteiger partial charge in [-0.3, -0.25) is 4.79 Å². The molecule has 2 heteroatoms. The lowest BCUT2D eigenvalue weighted by Gasteiger charge is -1.94. The van der Waals surface area contributed by atoms with E-state index in [2.05, 4.69) is 11.9 Å². The fourth-order valence-electron chi connectivity index (χ4n) is 1.07. The Morgan fingerprint density at radius 1 is 1.50 bits per heavy atom. The van der Waals surface area contributed by atoms with Gasteiger partial charge in [-0.2, -0.15) is 0 Å². The van der Waals surface area contributed by atoms with Gasteiger partial charge in [-0.15, -0.1) is 0 Å². The lowest BCUT2D eigenvalue weighted by Crippen LogP contribution is -2.16. The number of amides is 1. The second-order valence-corrected chi connectivity index (χ2v) is 2.97. The number of hydrogen-bond acceptors (Lipinski definition) is 1. The van der Waals surface area contributed by atoms with Crippen LogP contribution >= 0.6 is 0 Å². The summed E-state index contributed by atoms with van der Waals surface area (Å²) in [4.78, 5) is 11.2. The van der Waals surface area contributed by atoms with E-state index in [0.29, 0.717) is 6.54 Å². The molecule has 0 spiro atoms. The number of carbonyl (C=O) groups excluding carboxylic acids is 1. The Labute approximate surface area is 86.4 Å². The highest BCUT2D eigenvalue weighted by molar-refractivity contribution is 5.99. The first-order valence-corrected chi connectivity index (χ1v) is 4.94. The van der Waals surface area contributed by atoms with Gasteiger partial charge in [0.25, 0.3) is 5.91 Å². The maximum atomic E-state index is 11.2. The fourth-order valence-corrected chi connectivity index (χ4v) is 1.07. The van der Waals surface area contributed by atoms with Gasteiger partial charge in [0.15, 0.2) is 0 Å². The predicted molar refractivity (Wildman–Crippen MR) is 61.0 cm³/mol. The summed E-state index contributed by atoms with van der Waals surface area (Å²) in [5.41, 5.74) is 2.90. The van der Waals surface area contributed by atoms with Gasteiger partial charge in [0.2, 0.25) is 0 Å². The Morgan fingerprint density at radius 2 is 2.07 bits per heavy atom. The van der Waals surface area contributed by atoms with Crippen LogP contribution in [0.2, 0.25) is 0 Å². The zero-order chi connectivity index (χ0) is 11.1. The van der Waals surface area contributed by atoms with E-state index in [4.69, 9.17) is 0 Å². The first-order chi connectivity index (χ1) is 6.65. The van der Waals surface area contributed by atoms with Crippen molar-refractivity contribution in [3.05, 3.63) is 35.5 Å². The van der Waals surface area contributed by atoms with Crippen molar-refractivity contribution in [2.45, 2.75) is 27.7 Å². The maximum absolute atomic E-state index is 11.2. The first kappa shape index (κ1) is 12.7. The molecule has 14 heavy (non-hydrogen) atoms. The third-order valence-corrected chi connectivity index (χ3v) is 1.91. The summed E-state index contributed by atoms with van der Waals surface area (Å²) in [6.45, 7) is 12.2. The Bertz CT molecular complexity index is 285. The average Bonchev–Trinajstić information content (AvgIpc) is 2.52. The van der Waals surface area contributed by atoms with Gasteiger partial charge in [0.1, 0.15) is 0 Å². The molecular formula is C12H19NO. The van der Waals surface area contributed by atoms with E-state index in [-0.39, 0.29) is 5.91 Å². The monoisotopic (exact) mass is 193 g/mol. The van der Waals surface area contributed by atoms with Crippen molar-refractivity contribution in [2.75, 3.05) is 6.54 Å². The summed E-state index contributed by atoms with van der Waals surface area (Å²) in [5, 5.41) is 2.76. The topological polar surface area (TPSA) is 29.1 Å². The minimum atomic E-state index is 0.0219. The second kappa shape index (κ2) is 6.19. The Morgan fingerprint density at radius 3 is 2.43 bits per heavy atom. The van der Waals surface area contributed by atoms with Crippen molar-refractivity contribution >= 4 is 5.91 Å². The molecular weight excluding hydrogens is 174 g/mol. The summed E-state index contributed by atoms with van der Waals surface area (Å²) in [6.07, 6.45) is 3.61. The SMILES string of the molecule is C=C/C(C)=C\C1=C(C)CNC1=O.CC. The third kappa shape index (κ3) is 3.21. The van der Waals surface area contributed by atoms with Crippen LogP contribution in [0.25, 0.3) is 0 Å². The second-order valence-electron chi connectivity index (χ2n) is 2.97. The third-order valence-electron chi connectivity index (χ3n) is 1.91. The summed E-state index contributed by atoms with van der Waals surface area (Å²) in [7, 11) is 0. The molecule has 0 aliphatic carbocycles. The molecule has 0 aromatic rings. The van der Waals surface area contributed by atoms with Gasteiger partial charge in [0, 0.05) is 12.1 Å². The molecule has 2 nitrogen and oxygen atoms in total. The highest BCUT2D eigenvalue weighted by Gasteiger charge is 2.16. The van der Waals surface area contributed by atoms with E-state index in [0.717, 1.165) is 16.7 Å². The van der Waals surface area contributed by atoms with E-state index in [9.17, 15) is 4.79 Å². The molecule has 0 radical (unpaired) electrons. The minimum absolute atomic E-state index is 0.0219. The molecule has 78 valence electrons. The largest absolute Gasteiger partial charge is 0.348 e. The maximum Gasteiger partial charge on any atom is 0.251 e. The van der Waals surface area contributed by atoms with Crippen LogP contribution in [-0.4, -0.2) is 12.5 Å². The van der Waals surface area contributed by atoms with Gasteiger partial charge in [0.05, 0.1) is 0 Å². The molecule has 0 unspecified atom stereocenters. The number of nitrogens with one attached hydrogen (secondary N) is 1. The molecule has 1 aliphatic heterocycles. The van der Waals surface area contributed by atoms with Crippen LogP contribution in [0.4, 0.5) is 0 Å². The van der Waals surface area contributed by atoms with Crippen molar-refractivity contribution in [2.24, 2.45) is 0 Å². The molecule has 1 aliphatic rings. The molecule has 0 saturated carbocycles. The van der Waals surface area contributed by atoms with Crippen LogP contribution < -0.4 is 5.32 Å². The number of hydrogen-bond donors (Lipinski definition) is 1. The van der Waals surface area contributed by atoms with Crippen LogP contribution in [0.5, 0.6) is 0 Å². The molecule has 0 aromatic heterocycles. The molecule has 0 aromatic carbocycles. The summed E-state index contributed by atoms with van der Waals surface area (Å²) in [5.74, 6) is 0.0219. The quantitative estimate of drug-likeness (QED) is 0.671. The molecule has 0 atom stereocenters. The molecule has 1 N–H and O–H groups in total. The van der Waals surface area contributed by atoms with Crippen molar-refractivity contribution in [1.82, 2.24) is 5.32 Å². The van der Waals surface area contributed by atoms with Crippen LogP contribution in [0.3, 0.4) is 0 Å². The van der Waals surface area contributed by atoms with Crippen molar-refractivity contribution < 1.29 is 4.79 Å². The number of allylic oxidation sites excluding steroid dienone is 2. The Kier molecular flexibility index (Phi) is 5.61. The standard InChI is InChI=1S/C10H13NO.C2H6/c1-4-7(2)5-9-8(3)6-11-10(9)12;1-2/h4-5H,1,6H2,2-3H3,(H,11,12);1-2H3/b7-5-;. The highest BCUT2D eigenvalue weighted by Crippen LogP contribution is 2.13. The fraction of sp³-hybridized carbons (Fsp3) is 0.417. The molecule has 0 saturated heterocycles. The summed E-state index contributed by atoms with van der Waals surface area (Å²) in [6, 6.07) is 0. The van der Waals surface area contributed by atoms with E-state index in [1.54, 1.807) is 6.08 Å². The molecule has 1 rings (SSSR count). The number of carbonyl (C=O) groups is 1. The predicted octanol–water partition coefficient (Wildman–Crippen LogP) is 2.59. The van der Waals surface area contributed by atoms with E-state index in [1.165, 1.54) is 0 Å². The van der Waals surface area contributed by atoms with Crippen molar-refractivity contribution in [1.29, 1.82) is 0 Å². The minimum Gasteiger partial charge on any atom is -0.348 e. The smallest absolute Gasteiger partial charge is 0.251 e. The number of rotatable bonds is 2. The zero-order valence-corrected chi connectivity index (χ0v) is 9.48. The highest BCUT2D eigenvalue weighted by atomic mass is 16.1. The van der Waals surface area contributed by atoms with Crippen molar-refractivity contribution in [3.8, 4) is 0 Å². The van der Waals surface area contributed by atoms with Crippen LogP contribution in [0.15, 0.2) is 35.5 Å². The normalized spacial score (nSPS) is 16.0. The first-order valence-electron chi connectivity index (χ1n) is 4.94. The van der Waals surface area contributed by atoms with Crippen molar-refractivity contribution in [3.63, 3.8) is 0 Å². The van der Waals surface area contributed by atoms with E-state index in [1.807, 2.05) is 33.8 Å². The summed E-state index contributed by atoms with van der Waals surface area (Å²) >= 11 is 0. The van der Waals surface area contributed by atoms with E-state index >= 15 is 0 Å². The van der Waals surface area contributed by atoms with Crippen LogP contribution in [0.1, 0.15) is 27.7 Å². The molecule has 1 heterocycles. The Balaban J connectivity index is 0.000000791. The van der Waals surface area contributed by atoms with Gasteiger partial charge in [-0.25, -0.2) is 0 Å². The van der Waals surface area contributed by atoms with Gasteiger partial charge in [-0.05, 0) is 25.5 Å². The van der Waals surface area contributed by atoms with Gasteiger partial charge >= 0.3 is 0 Å². The van der Waals surface area contributed by atoms with E-state index < -0.39 is 0 Å². The molecule has 0 bridgehead atoms. The van der Waals surface area contributed by atoms with Crippen LogP contribution in [-0.2, 0) is 4.79 Å². The zero-order valence-electron chi connectivity index (χ0n) is 9.48. The average molecular weight is 193 g/mol. The van der Waals surface area contributed by atoms with Crippen LogP contribution in [0, 0.1) is 0 Å².